The Kier molecular flexibility index (Phi) is 5.61. The van der Waals surface area contributed by atoms with Crippen molar-refractivity contribution in [3.05, 3.63) is 58.7 Å². The Morgan fingerprint density at radius 1 is 0.885 bits per heavy atom. The average molecular weight is 352 g/mol. The quantitative estimate of drug-likeness (QED) is 0.568. The molecule has 0 bridgehead atoms. The number of benzene rings is 2. The number of hydrogen-bond donors (Lipinski definition) is 0. The molecule has 0 saturated carbocycles. The van der Waals surface area contributed by atoms with Crippen LogP contribution in [0.5, 0.6) is 17.2 Å². The van der Waals surface area contributed by atoms with Crippen molar-refractivity contribution < 1.29 is 19.0 Å². The molecule has 3 rings (SSSR count). The molecule has 0 atom stereocenters. The van der Waals surface area contributed by atoms with E-state index in [1.54, 1.807) is 39.5 Å². The first-order valence-electron chi connectivity index (χ1n) is 8.81. The van der Waals surface area contributed by atoms with E-state index >= 15 is 0 Å². The Labute approximate surface area is 154 Å². The lowest BCUT2D eigenvalue weighted by molar-refractivity contribution is 0.104. The molecule has 0 amide bonds. The summed E-state index contributed by atoms with van der Waals surface area (Å²) in [7, 11) is 4.71. The number of ether oxygens (including phenoxy) is 3. The van der Waals surface area contributed by atoms with Gasteiger partial charge in [-0.05, 0) is 67.2 Å². The molecule has 4 nitrogen and oxygen atoms in total. The third kappa shape index (κ3) is 3.59. The van der Waals surface area contributed by atoms with E-state index in [1.807, 2.05) is 18.2 Å². The molecule has 0 radical (unpaired) electrons. The highest BCUT2D eigenvalue weighted by atomic mass is 16.5. The van der Waals surface area contributed by atoms with Gasteiger partial charge in [-0.2, -0.15) is 0 Å². The molecular weight excluding hydrogens is 328 g/mol. The molecule has 26 heavy (non-hydrogen) atoms. The highest BCUT2D eigenvalue weighted by Crippen LogP contribution is 2.40. The summed E-state index contributed by atoms with van der Waals surface area (Å²) >= 11 is 0. The molecule has 2 aromatic carbocycles. The Hall–Kier alpha value is -2.75. The van der Waals surface area contributed by atoms with Gasteiger partial charge in [0.15, 0.2) is 17.3 Å². The van der Waals surface area contributed by atoms with Crippen LogP contribution in [-0.2, 0) is 12.8 Å². The molecule has 2 aromatic rings. The van der Waals surface area contributed by atoms with Gasteiger partial charge in [0.05, 0.1) is 21.3 Å². The number of rotatable bonds is 6. The van der Waals surface area contributed by atoms with Gasteiger partial charge in [-0.1, -0.05) is 12.1 Å². The van der Waals surface area contributed by atoms with Crippen molar-refractivity contribution in [1.82, 2.24) is 0 Å². The van der Waals surface area contributed by atoms with Crippen molar-refractivity contribution in [3.63, 3.8) is 0 Å². The minimum atomic E-state index is -0.0183. The maximum Gasteiger partial charge on any atom is 0.203 e. The maximum absolute atomic E-state index is 12.6. The van der Waals surface area contributed by atoms with E-state index < -0.39 is 0 Å². The van der Waals surface area contributed by atoms with Crippen LogP contribution < -0.4 is 14.2 Å². The van der Waals surface area contributed by atoms with E-state index in [0.717, 1.165) is 24.0 Å². The molecule has 0 spiro atoms. The minimum absolute atomic E-state index is 0.0183. The minimum Gasteiger partial charge on any atom is -0.493 e. The highest BCUT2D eigenvalue weighted by Gasteiger charge is 2.15. The summed E-state index contributed by atoms with van der Waals surface area (Å²) < 4.78 is 16.1. The Balaban J connectivity index is 1.86. The van der Waals surface area contributed by atoms with Crippen LogP contribution in [0, 0.1) is 0 Å². The third-order valence-electron chi connectivity index (χ3n) is 4.78. The molecule has 136 valence electrons. The van der Waals surface area contributed by atoms with Crippen molar-refractivity contribution in [1.29, 1.82) is 0 Å². The van der Waals surface area contributed by atoms with Crippen LogP contribution in [0.25, 0.3) is 6.08 Å². The maximum atomic E-state index is 12.6. The van der Waals surface area contributed by atoms with Gasteiger partial charge in [0.1, 0.15) is 0 Å². The van der Waals surface area contributed by atoms with E-state index in [9.17, 15) is 4.79 Å². The average Bonchev–Trinajstić information content (AvgIpc) is 2.70. The molecule has 1 aliphatic rings. The van der Waals surface area contributed by atoms with Gasteiger partial charge in [0.2, 0.25) is 5.75 Å². The van der Waals surface area contributed by atoms with Crippen molar-refractivity contribution in [3.8, 4) is 17.2 Å². The fourth-order valence-electron chi connectivity index (χ4n) is 3.40. The van der Waals surface area contributed by atoms with E-state index in [2.05, 4.69) is 6.07 Å². The summed E-state index contributed by atoms with van der Waals surface area (Å²) in [5.41, 5.74) is 4.16. The molecule has 0 aliphatic heterocycles. The summed E-state index contributed by atoms with van der Waals surface area (Å²) in [5, 5.41) is 0. The van der Waals surface area contributed by atoms with Gasteiger partial charge < -0.3 is 14.2 Å². The summed E-state index contributed by atoms with van der Waals surface area (Å²) in [4.78, 5) is 12.6. The third-order valence-corrected chi connectivity index (χ3v) is 4.78. The summed E-state index contributed by atoms with van der Waals surface area (Å²) in [6.45, 7) is 0. The Bertz CT molecular complexity index is 836. The van der Waals surface area contributed by atoms with Gasteiger partial charge in [-0.3, -0.25) is 4.79 Å². The standard InChI is InChI=1S/C22H24O4/c1-24-20-13-11-16(21(25-2)22(20)26-3)10-12-19(23)18-9-8-15-6-4-5-7-17(15)14-18/h8-14H,4-7H2,1-3H3/b12-10+. The summed E-state index contributed by atoms with van der Waals surface area (Å²) in [6, 6.07) is 9.68. The first kappa shape index (κ1) is 18.1. The van der Waals surface area contributed by atoms with Crippen LogP contribution in [0.4, 0.5) is 0 Å². The van der Waals surface area contributed by atoms with Crippen LogP contribution in [0.2, 0.25) is 0 Å². The lowest BCUT2D eigenvalue weighted by Gasteiger charge is -2.16. The number of aryl methyl sites for hydroxylation is 2. The van der Waals surface area contributed by atoms with Crippen LogP contribution in [0.15, 0.2) is 36.4 Å². The lowest BCUT2D eigenvalue weighted by Crippen LogP contribution is -2.05. The number of carbonyl (C=O) groups excluding carboxylic acids is 1. The smallest absolute Gasteiger partial charge is 0.203 e. The predicted molar refractivity (Wildman–Crippen MR) is 103 cm³/mol. The van der Waals surface area contributed by atoms with Gasteiger partial charge in [-0.15, -0.1) is 0 Å². The van der Waals surface area contributed by atoms with Crippen LogP contribution in [0.3, 0.4) is 0 Å². The first-order chi connectivity index (χ1) is 12.7. The van der Waals surface area contributed by atoms with Gasteiger partial charge in [0.25, 0.3) is 0 Å². The van der Waals surface area contributed by atoms with E-state index in [1.165, 1.54) is 24.0 Å². The number of fused-ring (bicyclic) bond motifs is 1. The lowest BCUT2D eigenvalue weighted by atomic mass is 9.90. The molecule has 0 N–H and O–H groups in total. The fraction of sp³-hybridized carbons (Fsp3) is 0.318. The molecule has 0 fully saturated rings. The molecule has 4 heteroatoms. The van der Waals surface area contributed by atoms with Gasteiger partial charge >= 0.3 is 0 Å². The Morgan fingerprint density at radius 3 is 2.31 bits per heavy atom. The van der Waals surface area contributed by atoms with Crippen molar-refractivity contribution in [2.75, 3.05) is 21.3 Å². The van der Waals surface area contributed by atoms with Crippen molar-refractivity contribution >= 4 is 11.9 Å². The molecule has 0 aromatic heterocycles. The van der Waals surface area contributed by atoms with E-state index in [4.69, 9.17) is 14.2 Å². The number of hydrogen-bond acceptors (Lipinski definition) is 4. The van der Waals surface area contributed by atoms with Crippen molar-refractivity contribution in [2.45, 2.75) is 25.7 Å². The van der Waals surface area contributed by atoms with Crippen LogP contribution in [0.1, 0.15) is 39.9 Å². The zero-order valence-corrected chi connectivity index (χ0v) is 15.5. The number of carbonyl (C=O) groups is 1. The van der Waals surface area contributed by atoms with Crippen molar-refractivity contribution in [2.24, 2.45) is 0 Å². The largest absolute Gasteiger partial charge is 0.493 e. The van der Waals surface area contributed by atoms with Crippen LogP contribution in [-0.4, -0.2) is 27.1 Å². The second kappa shape index (κ2) is 8.09. The van der Waals surface area contributed by atoms with Gasteiger partial charge in [-0.25, -0.2) is 0 Å². The first-order valence-corrected chi connectivity index (χ1v) is 8.81. The monoisotopic (exact) mass is 352 g/mol. The Morgan fingerprint density at radius 2 is 1.62 bits per heavy atom. The zero-order valence-electron chi connectivity index (χ0n) is 15.5. The second-order valence-electron chi connectivity index (χ2n) is 6.31. The summed E-state index contributed by atoms with van der Waals surface area (Å²) in [5.74, 6) is 1.62. The second-order valence-corrected chi connectivity index (χ2v) is 6.31. The number of ketones is 1. The highest BCUT2D eigenvalue weighted by molar-refractivity contribution is 6.07. The molecule has 0 heterocycles. The van der Waals surface area contributed by atoms with Gasteiger partial charge in [0, 0.05) is 11.1 Å². The molecule has 0 saturated heterocycles. The molecular formula is C22H24O4. The number of allylic oxidation sites excluding steroid dienone is 1. The fourth-order valence-corrected chi connectivity index (χ4v) is 3.40. The normalized spacial score (nSPS) is 13.3. The topological polar surface area (TPSA) is 44.8 Å². The summed E-state index contributed by atoms with van der Waals surface area (Å²) in [6.07, 6.45) is 7.94. The number of methoxy groups -OCH3 is 3. The molecule has 0 unspecified atom stereocenters. The SMILES string of the molecule is COc1ccc(/C=C/C(=O)c2ccc3c(c2)CCCC3)c(OC)c1OC. The van der Waals surface area contributed by atoms with Crippen LogP contribution >= 0.6 is 0 Å². The van der Waals surface area contributed by atoms with E-state index in [0.29, 0.717) is 17.2 Å². The molecule has 1 aliphatic carbocycles. The van der Waals surface area contributed by atoms with E-state index in [-0.39, 0.29) is 5.78 Å². The predicted octanol–water partition coefficient (Wildman–Crippen LogP) is 4.49. The zero-order chi connectivity index (χ0) is 18.5.